The summed E-state index contributed by atoms with van der Waals surface area (Å²) in [7, 11) is 1.40. The third-order valence-electron chi connectivity index (χ3n) is 2.74. The topological polar surface area (TPSA) is 47.6 Å². The summed E-state index contributed by atoms with van der Waals surface area (Å²) in [6.07, 6.45) is 1.96. The van der Waals surface area contributed by atoms with Gasteiger partial charge in [-0.2, -0.15) is 0 Å². The Labute approximate surface area is 105 Å². The quantitative estimate of drug-likeness (QED) is 0.630. The summed E-state index contributed by atoms with van der Waals surface area (Å²) < 4.78 is 10.3. The predicted molar refractivity (Wildman–Crippen MR) is 65.8 cm³/mol. The molecule has 1 aliphatic heterocycles. The molecule has 0 amide bonds. The molecule has 0 radical (unpaired) electrons. The van der Waals surface area contributed by atoms with E-state index in [4.69, 9.17) is 4.74 Å². The van der Waals surface area contributed by atoms with Gasteiger partial charge in [0, 0.05) is 19.2 Å². The number of methoxy groups -OCH3 is 1. The number of hydrogen-bond donors (Lipinski definition) is 1. The van der Waals surface area contributed by atoms with Crippen molar-refractivity contribution in [1.82, 2.24) is 5.32 Å². The Morgan fingerprint density at radius 2 is 2.38 bits per heavy atom. The van der Waals surface area contributed by atoms with Gasteiger partial charge in [-0.1, -0.05) is 15.9 Å². The van der Waals surface area contributed by atoms with E-state index in [1.807, 2.05) is 0 Å². The molecule has 0 spiro atoms. The first-order valence-corrected chi connectivity index (χ1v) is 6.45. The van der Waals surface area contributed by atoms with Gasteiger partial charge < -0.3 is 14.8 Å². The number of rotatable bonds is 4. The van der Waals surface area contributed by atoms with Gasteiger partial charge in [0.1, 0.15) is 4.83 Å². The molecule has 2 unspecified atom stereocenters. The summed E-state index contributed by atoms with van der Waals surface area (Å²) in [6.45, 7) is 5.54. The lowest BCUT2D eigenvalue weighted by Crippen LogP contribution is -2.46. The zero-order valence-corrected chi connectivity index (χ0v) is 11.7. The van der Waals surface area contributed by atoms with Crippen LogP contribution >= 0.6 is 15.9 Å². The van der Waals surface area contributed by atoms with Crippen molar-refractivity contribution in [3.63, 3.8) is 0 Å². The number of esters is 1. The standard InChI is InChI=1S/C11H20BrNO3/c1-11(2)6-8(4-5-16-11)13-7-9(12)10(14)15-3/h8-9,13H,4-7H2,1-3H3. The Morgan fingerprint density at radius 1 is 1.69 bits per heavy atom. The lowest BCUT2D eigenvalue weighted by Gasteiger charge is -2.36. The van der Waals surface area contributed by atoms with Crippen molar-refractivity contribution >= 4 is 21.9 Å². The van der Waals surface area contributed by atoms with Gasteiger partial charge in [0.15, 0.2) is 0 Å². The fourth-order valence-corrected chi connectivity index (χ4v) is 2.26. The van der Waals surface area contributed by atoms with Crippen LogP contribution in [0.1, 0.15) is 26.7 Å². The molecule has 0 aromatic rings. The zero-order valence-electron chi connectivity index (χ0n) is 10.1. The van der Waals surface area contributed by atoms with Crippen LogP contribution < -0.4 is 5.32 Å². The lowest BCUT2D eigenvalue weighted by atomic mass is 9.94. The van der Waals surface area contributed by atoms with Crippen LogP contribution in [-0.2, 0) is 14.3 Å². The van der Waals surface area contributed by atoms with Crippen LogP contribution in [0.25, 0.3) is 0 Å². The second-order valence-corrected chi connectivity index (χ2v) is 5.80. The third kappa shape index (κ3) is 4.39. The van der Waals surface area contributed by atoms with E-state index in [2.05, 4.69) is 39.8 Å². The Bertz CT molecular complexity index is 245. The van der Waals surface area contributed by atoms with E-state index in [0.29, 0.717) is 12.6 Å². The van der Waals surface area contributed by atoms with Crippen molar-refractivity contribution in [1.29, 1.82) is 0 Å². The van der Waals surface area contributed by atoms with Gasteiger partial charge in [-0.3, -0.25) is 4.79 Å². The van der Waals surface area contributed by atoms with Gasteiger partial charge in [-0.05, 0) is 26.7 Å². The molecule has 0 saturated carbocycles. The number of carbonyl (C=O) groups is 1. The van der Waals surface area contributed by atoms with Crippen molar-refractivity contribution in [3.8, 4) is 0 Å². The molecule has 4 nitrogen and oxygen atoms in total. The molecule has 1 saturated heterocycles. The first-order valence-electron chi connectivity index (χ1n) is 5.54. The Kier molecular flexibility index (Phi) is 5.21. The number of ether oxygens (including phenoxy) is 2. The van der Waals surface area contributed by atoms with Crippen molar-refractivity contribution < 1.29 is 14.3 Å². The number of carbonyl (C=O) groups excluding carboxylic acids is 1. The van der Waals surface area contributed by atoms with Crippen LogP contribution in [0.3, 0.4) is 0 Å². The minimum Gasteiger partial charge on any atom is -0.468 e. The third-order valence-corrected chi connectivity index (χ3v) is 3.44. The van der Waals surface area contributed by atoms with E-state index < -0.39 is 0 Å². The molecule has 2 atom stereocenters. The average Bonchev–Trinajstić information content (AvgIpc) is 2.23. The van der Waals surface area contributed by atoms with Gasteiger partial charge in [-0.15, -0.1) is 0 Å². The first-order chi connectivity index (χ1) is 7.44. The molecule has 1 N–H and O–H groups in total. The highest BCUT2D eigenvalue weighted by atomic mass is 79.9. The molecule has 94 valence electrons. The maximum Gasteiger partial charge on any atom is 0.320 e. The molecule has 0 bridgehead atoms. The van der Waals surface area contributed by atoms with Gasteiger partial charge in [-0.25, -0.2) is 0 Å². The maximum absolute atomic E-state index is 11.2. The number of halogens is 1. The Balaban J connectivity index is 2.30. The molecule has 1 aliphatic rings. The highest BCUT2D eigenvalue weighted by Crippen LogP contribution is 2.23. The van der Waals surface area contributed by atoms with E-state index in [1.54, 1.807) is 0 Å². The fourth-order valence-electron chi connectivity index (χ4n) is 1.89. The molecular weight excluding hydrogens is 274 g/mol. The van der Waals surface area contributed by atoms with Gasteiger partial charge >= 0.3 is 5.97 Å². The normalized spacial score (nSPS) is 26.1. The lowest BCUT2D eigenvalue weighted by molar-refractivity contribution is -0.139. The van der Waals surface area contributed by atoms with Gasteiger partial charge in [0.25, 0.3) is 0 Å². The summed E-state index contributed by atoms with van der Waals surface area (Å²) in [5, 5.41) is 3.36. The van der Waals surface area contributed by atoms with Crippen molar-refractivity contribution in [3.05, 3.63) is 0 Å². The van der Waals surface area contributed by atoms with Gasteiger partial charge in [0.2, 0.25) is 0 Å². The Morgan fingerprint density at radius 3 is 2.94 bits per heavy atom. The molecular formula is C11H20BrNO3. The number of alkyl halides is 1. The van der Waals surface area contributed by atoms with Crippen molar-refractivity contribution in [2.75, 3.05) is 20.3 Å². The fraction of sp³-hybridized carbons (Fsp3) is 0.909. The van der Waals surface area contributed by atoms with Crippen LogP contribution in [0.2, 0.25) is 0 Å². The maximum atomic E-state index is 11.2. The van der Waals surface area contributed by atoms with Crippen LogP contribution in [0.15, 0.2) is 0 Å². The molecule has 1 fully saturated rings. The van der Waals surface area contributed by atoms with E-state index in [-0.39, 0.29) is 16.4 Å². The van der Waals surface area contributed by atoms with E-state index in [9.17, 15) is 4.79 Å². The molecule has 16 heavy (non-hydrogen) atoms. The van der Waals surface area contributed by atoms with Crippen LogP contribution in [-0.4, -0.2) is 42.7 Å². The zero-order chi connectivity index (χ0) is 12.2. The average molecular weight is 294 g/mol. The minimum atomic E-state index is -0.275. The predicted octanol–water partition coefficient (Wildman–Crippen LogP) is 1.47. The first kappa shape index (κ1) is 13.9. The molecule has 0 aromatic carbocycles. The second-order valence-electron chi connectivity index (χ2n) is 4.70. The molecule has 1 heterocycles. The molecule has 0 aromatic heterocycles. The summed E-state index contributed by atoms with van der Waals surface area (Å²) in [4.78, 5) is 10.9. The van der Waals surface area contributed by atoms with E-state index >= 15 is 0 Å². The van der Waals surface area contributed by atoms with E-state index in [0.717, 1.165) is 19.4 Å². The summed E-state index contributed by atoms with van der Waals surface area (Å²) in [5.41, 5.74) is -0.0665. The smallest absolute Gasteiger partial charge is 0.320 e. The Hall–Kier alpha value is -0.130. The van der Waals surface area contributed by atoms with Crippen LogP contribution in [0, 0.1) is 0 Å². The van der Waals surface area contributed by atoms with Crippen LogP contribution in [0.5, 0.6) is 0 Å². The highest BCUT2D eigenvalue weighted by Gasteiger charge is 2.29. The molecule has 0 aliphatic carbocycles. The molecule has 1 rings (SSSR count). The summed E-state index contributed by atoms with van der Waals surface area (Å²) in [5.74, 6) is -0.237. The second kappa shape index (κ2) is 5.98. The van der Waals surface area contributed by atoms with Crippen LogP contribution in [0.4, 0.5) is 0 Å². The minimum absolute atomic E-state index is 0.0665. The summed E-state index contributed by atoms with van der Waals surface area (Å²) >= 11 is 3.29. The number of nitrogens with one attached hydrogen (secondary N) is 1. The molecule has 5 heteroatoms. The SMILES string of the molecule is COC(=O)C(Br)CNC1CCOC(C)(C)C1. The highest BCUT2D eigenvalue weighted by molar-refractivity contribution is 9.10. The van der Waals surface area contributed by atoms with Gasteiger partial charge in [0.05, 0.1) is 12.7 Å². The van der Waals surface area contributed by atoms with Crippen molar-refractivity contribution in [2.45, 2.75) is 43.2 Å². The summed E-state index contributed by atoms with van der Waals surface area (Å²) in [6, 6.07) is 0.411. The monoisotopic (exact) mass is 293 g/mol. The van der Waals surface area contributed by atoms with Crippen molar-refractivity contribution in [2.24, 2.45) is 0 Å². The number of hydrogen-bond acceptors (Lipinski definition) is 4. The largest absolute Gasteiger partial charge is 0.468 e. The van der Waals surface area contributed by atoms with E-state index in [1.165, 1.54) is 7.11 Å².